The molecule has 4 rings (SSSR count). The van der Waals surface area contributed by atoms with Crippen LogP contribution in [0, 0.1) is 13.8 Å². The zero-order valence-corrected chi connectivity index (χ0v) is 15.3. The van der Waals surface area contributed by atoms with Crippen LogP contribution in [0.5, 0.6) is 0 Å². The standard InChI is InChI=1S/C21H25N3O2/c1-14-8-17(9-15(2)22-14)21(25)23-18-10-19-13-26-20(12-24(19)11-18)16-6-4-3-5-7-16/h3-9,18-20H,10-13H2,1-2H3,(H,23,25)/t18-,19+,20-/m1/s1. The second-order valence-corrected chi connectivity index (χ2v) is 7.39. The fraction of sp³-hybridized carbons (Fsp3) is 0.429. The van der Waals surface area contributed by atoms with Gasteiger partial charge in [0.15, 0.2) is 0 Å². The Morgan fingerprint density at radius 1 is 1.15 bits per heavy atom. The number of rotatable bonds is 3. The number of carbonyl (C=O) groups excluding carboxylic acids is 1. The minimum absolute atomic E-state index is 0.0102. The van der Waals surface area contributed by atoms with E-state index in [1.165, 1.54) is 5.56 Å². The summed E-state index contributed by atoms with van der Waals surface area (Å²) in [6.07, 6.45) is 1.06. The van der Waals surface area contributed by atoms with Crippen LogP contribution in [-0.2, 0) is 4.74 Å². The first kappa shape index (κ1) is 17.2. The molecule has 2 aromatic rings. The van der Waals surface area contributed by atoms with Crippen LogP contribution in [-0.4, -0.2) is 47.6 Å². The van der Waals surface area contributed by atoms with E-state index < -0.39 is 0 Å². The van der Waals surface area contributed by atoms with E-state index in [1.807, 2.05) is 32.0 Å². The van der Waals surface area contributed by atoms with E-state index in [4.69, 9.17) is 4.74 Å². The first-order valence-electron chi connectivity index (χ1n) is 9.25. The van der Waals surface area contributed by atoms with E-state index in [0.29, 0.717) is 11.6 Å². The summed E-state index contributed by atoms with van der Waals surface area (Å²) < 4.78 is 6.08. The van der Waals surface area contributed by atoms with E-state index in [9.17, 15) is 4.79 Å². The van der Waals surface area contributed by atoms with E-state index in [0.717, 1.165) is 37.5 Å². The number of aromatic nitrogens is 1. The molecule has 1 N–H and O–H groups in total. The summed E-state index contributed by atoms with van der Waals surface area (Å²) in [7, 11) is 0. The number of nitrogens with zero attached hydrogens (tertiary/aromatic N) is 2. The predicted octanol–water partition coefficient (Wildman–Crippen LogP) is 2.64. The van der Waals surface area contributed by atoms with E-state index in [2.05, 4.69) is 39.5 Å². The maximum absolute atomic E-state index is 12.6. The summed E-state index contributed by atoms with van der Waals surface area (Å²) in [4.78, 5) is 19.4. The molecule has 136 valence electrons. The van der Waals surface area contributed by atoms with Gasteiger partial charge >= 0.3 is 0 Å². The van der Waals surface area contributed by atoms with Gasteiger partial charge in [0.1, 0.15) is 0 Å². The number of fused-ring (bicyclic) bond motifs is 1. The molecule has 0 aliphatic carbocycles. The first-order valence-corrected chi connectivity index (χ1v) is 9.25. The lowest BCUT2D eigenvalue weighted by molar-refractivity contribution is -0.0502. The average molecular weight is 351 g/mol. The molecule has 0 bridgehead atoms. The van der Waals surface area contributed by atoms with Gasteiger partial charge in [0.25, 0.3) is 5.91 Å². The van der Waals surface area contributed by atoms with Crippen LogP contribution in [0.4, 0.5) is 0 Å². The number of morpholine rings is 1. The monoisotopic (exact) mass is 351 g/mol. The Labute approximate surface area is 154 Å². The van der Waals surface area contributed by atoms with Gasteiger partial charge in [0.2, 0.25) is 0 Å². The second-order valence-electron chi connectivity index (χ2n) is 7.39. The van der Waals surface area contributed by atoms with Crippen molar-refractivity contribution in [3.63, 3.8) is 0 Å². The van der Waals surface area contributed by atoms with Gasteiger partial charge in [-0.3, -0.25) is 14.7 Å². The minimum Gasteiger partial charge on any atom is -0.371 e. The predicted molar refractivity (Wildman–Crippen MR) is 100 cm³/mol. The smallest absolute Gasteiger partial charge is 0.251 e. The molecule has 0 radical (unpaired) electrons. The lowest BCUT2D eigenvalue weighted by atomic mass is 10.1. The average Bonchev–Trinajstić information content (AvgIpc) is 3.03. The number of benzene rings is 1. The molecule has 2 aliphatic heterocycles. The molecular formula is C21H25N3O2. The molecular weight excluding hydrogens is 326 g/mol. The van der Waals surface area contributed by atoms with Gasteiger partial charge in [-0.25, -0.2) is 0 Å². The number of amides is 1. The maximum atomic E-state index is 12.6. The largest absolute Gasteiger partial charge is 0.371 e. The molecule has 2 aliphatic rings. The number of ether oxygens (including phenoxy) is 1. The maximum Gasteiger partial charge on any atom is 0.251 e. The highest BCUT2D eigenvalue weighted by molar-refractivity contribution is 5.94. The molecule has 26 heavy (non-hydrogen) atoms. The van der Waals surface area contributed by atoms with Crippen molar-refractivity contribution < 1.29 is 9.53 Å². The Bertz CT molecular complexity index is 773. The quantitative estimate of drug-likeness (QED) is 0.924. The molecule has 1 aromatic heterocycles. The second kappa shape index (κ2) is 7.17. The third-order valence-corrected chi connectivity index (χ3v) is 5.27. The highest BCUT2D eigenvalue weighted by Crippen LogP contribution is 2.30. The molecule has 0 spiro atoms. The lowest BCUT2D eigenvalue weighted by Crippen LogP contribution is -2.43. The Morgan fingerprint density at radius 3 is 2.62 bits per heavy atom. The van der Waals surface area contributed by atoms with Crippen molar-refractivity contribution in [3.8, 4) is 0 Å². The first-order chi connectivity index (χ1) is 12.6. The summed E-state index contributed by atoms with van der Waals surface area (Å²) in [5, 5.41) is 3.20. The molecule has 3 heterocycles. The Kier molecular flexibility index (Phi) is 4.74. The van der Waals surface area contributed by atoms with Crippen LogP contribution >= 0.6 is 0 Å². The van der Waals surface area contributed by atoms with Crippen molar-refractivity contribution >= 4 is 5.91 Å². The molecule has 1 aromatic carbocycles. The summed E-state index contributed by atoms with van der Waals surface area (Å²) in [6.45, 7) is 6.32. The summed E-state index contributed by atoms with van der Waals surface area (Å²) in [5.74, 6) is -0.0102. The molecule has 0 saturated carbocycles. The van der Waals surface area contributed by atoms with Crippen molar-refractivity contribution in [2.24, 2.45) is 0 Å². The summed E-state index contributed by atoms with van der Waals surface area (Å²) in [6, 6.07) is 14.6. The van der Waals surface area contributed by atoms with Crippen LogP contribution in [0.15, 0.2) is 42.5 Å². The number of hydrogen-bond donors (Lipinski definition) is 1. The molecule has 3 atom stereocenters. The molecule has 5 heteroatoms. The normalized spacial score (nSPS) is 25.7. The van der Waals surface area contributed by atoms with Crippen LogP contribution in [0.25, 0.3) is 0 Å². The number of pyridine rings is 1. The van der Waals surface area contributed by atoms with Crippen molar-refractivity contribution in [1.82, 2.24) is 15.2 Å². The van der Waals surface area contributed by atoms with Crippen LogP contribution in [0.1, 0.15) is 39.8 Å². The van der Waals surface area contributed by atoms with Gasteiger partial charge in [-0.05, 0) is 38.0 Å². The number of hydrogen-bond acceptors (Lipinski definition) is 4. The van der Waals surface area contributed by atoms with Gasteiger partial charge in [-0.1, -0.05) is 30.3 Å². The highest BCUT2D eigenvalue weighted by Gasteiger charge is 2.38. The van der Waals surface area contributed by atoms with Crippen molar-refractivity contribution in [2.75, 3.05) is 19.7 Å². The highest BCUT2D eigenvalue weighted by atomic mass is 16.5. The fourth-order valence-electron chi connectivity index (χ4n) is 4.08. The summed E-state index contributed by atoms with van der Waals surface area (Å²) in [5.41, 5.74) is 3.66. The third kappa shape index (κ3) is 3.64. The molecule has 2 saturated heterocycles. The fourth-order valence-corrected chi connectivity index (χ4v) is 4.08. The van der Waals surface area contributed by atoms with Gasteiger partial charge in [0.05, 0.1) is 12.7 Å². The topological polar surface area (TPSA) is 54.5 Å². The van der Waals surface area contributed by atoms with Crippen molar-refractivity contribution in [2.45, 2.75) is 38.5 Å². The Morgan fingerprint density at radius 2 is 1.88 bits per heavy atom. The lowest BCUT2D eigenvalue weighted by Gasteiger charge is -2.35. The van der Waals surface area contributed by atoms with Crippen LogP contribution in [0.3, 0.4) is 0 Å². The third-order valence-electron chi connectivity index (χ3n) is 5.27. The Hall–Kier alpha value is -2.24. The van der Waals surface area contributed by atoms with E-state index >= 15 is 0 Å². The number of aryl methyl sites for hydroxylation is 2. The molecule has 1 amide bonds. The number of carbonyl (C=O) groups is 1. The molecule has 0 unspecified atom stereocenters. The van der Waals surface area contributed by atoms with E-state index in [1.54, 1.807) is 0 Å². The zero-order chi connectivity index (χ0) is 18.1. The van der Waals surface area contributed by atoms with Crippen molar-refractivity contribution in [1.29, 1.82) is 0 Å². The van der Waals surface area contributed by atoms with Gasteiger partial charge in [-0.2, -0.15) is 0 Å². The SMILES string of the molecule is Cc1cc(C(=O)N[C@@H]2C[C@H]3CO[C@@H](c4ccccc4)CN3C2)cc(C)n1. The molecule has 2 fully saturated rings. The van der Waals surface area contributed by atoms with Crippen molar-refractivity contribution in [3.05, 3.63) is 65.0 Å². The van der Waals surface area contributed by atoms with Crippen LogP contribution < -0.4 is 5.32 Å². The van der Waals surface area contributed by atoms with Crippen LogP contribution in [0.2, 0.25) is 0 Å². The zero-order valence-electron chi connectivity index (χ0n) is 15.3. The van der Waals surface area contributed by atoms with E-state index in [-0.39, 0.29) is 18.1 Å². The number of nitrogens with one attached hydrogen (secondary N) is 1. The molecule has 5 nitrogen and oxygen atoms in total. The minimum atomic E-state index is -0.0102. The van der Waals surface area contributed by atoms with Gasteiger partial charge in [-0.15, -0.1) is 0 Å². The Balaban J connectivity index is 1.38. The summed E-state index contributed by atoms with van der Waals surface area (Å²) >= 11 is 0. The van der Waals surface area contributed by atoms with Gasteiger partial charge < -0.3 is 10.1 Å². The van der Waals surface area contributed by atoms with Gasteiger partial charge in [0, 0.05) is 42.1 Å².